The molecule has 1 aliphatic rings. The molecule has 2 amide bonds. The zero-order valence-electron chi connectivity index (χ0n) is 14.3. The molecule has 0 spiro atoms. The van der Waals surface area contributed by atoms with Gasteiger partial charge in [0.25, 0.3) is 0 Å². The van der Waals surface area contributed by atoms with Crippen molar-refractivity contribution in [2.45, 2.75) is 39.0 Å². The van der Waals surface area contributed by atoms with Crippen molar-refractivity contribution in [3.05, 3.63) is 47.7 Å². The fourth-order valence-corrected chi connectivity index (χ4v) is 4.42. The zero-order valence-corrected chi connectivity index (χ0v) is 15.3. The fraction of sp³-hybridized carbons (Fsp3) is 0.444. The lowest BCUT2D eigenvalue weighted by Gasteiger charge is -2.27. The third-order valence-electron chi connectivity index (χ3n) is 4.37. The molecule has 0 bridgehead atoms. The minimum absolute atomic E-state index is 0.0685. The predicted molar refractivity (Wildman–Crippen MR) is 93.6 cm³/mol. The smallest absolute Gasteiger partial charge is 0.417 e. The number of rotatable bonds is 5. The summed E-state index contributed by atoms with van der Waals surface area (Å²) in [4.78, 5) is 26.0. The van der Waals surface area contributed by atoms with Crippen LogP contribution in [0.4, 0.5) is 4.79 Å². The van der Waals surface area contributed by atoms with E-state index in [1.807, 2.05) is 37.3 Å². The van der Waals surface area contributed by atoms with Crippen molar-refractivity contribution in [3.63, 3.8) is 0 Å². The van der Waals surface area contributed by atoms with Gasteiger partial charge in [-0.2, -0.15) is 0 Å². The van der Waals surface area contributed by atoms with Crippen LogP contribution in [0.2, 0.25) is 19.6 Å². The van der Waals surface area contributed by atoms with Gasteiger partial charge in [-0.3, -0.25) is 4.79 Å². The number of allylic oxidation sites excluding steroid dienone is 1. The van der Waals surface area contributed by atoms with Gasteiger partial charge in [-0.25, -0.2) is 9.69 Å². The first-order valence-corrected chi connectivity index (χ1v) is 11.4. The molecule has 0 saturated carbocycles. The Balaban J connectivity index is 2.13. The molecule has 1 aromatic carbocycles. The Labute approximate surface area is 139 Å². The Morgan fingerprint density at radius 2 is 1.96 bits per heavy atom. The standard InChI is InChI=1S/C18H25NO3Si/c1-13(14(2)23(3,4)5)11-17(20)19-16(12-22-18(19)21)15-9-7-6-8-10-15/h6-10,13,16H,2,11-12H2,1,3-5H3/t13-,16-/m1/s1. The highest BCUT2D eigenvalue weighted by molar-refractivity contribution is 6.83. The van der Waals surface area contributed by atoms with E-state index in [0.29, 0.717) is 6.42 Å². The van der Waals surface area contributed by atoms with Crippen LogP contribution in [-0.2, 0) is 9.53 Å². The Morgan fingerprint density at radius 1 is 1.35 bits per heavy atom. The SMILES string of the molecule is C=C([C@H](C)CC(=O)N1C(=O)OC[C@@H]1c1ccccc1)[Si](C)(C)C. The van der Waals surface area contributed by atoms with Crippen LogP contribution in [0.5, 0.6) is 0 Å². The second-order valence-electron chi connectivity index (χ2n) is 7.15. The minimum Gasteiger partial charge on any atom is -0.446 e. The molecule has 1 aromatic rings. The molecule has 23 heavy (non-hydrogen) atoms. The maximum Gasteiger partial charge on any atom is 0.417 e. The lowest BCUT2D eigenvalue weighted by Crippen LogP contribution is -2.36. The average molecular weight is 331 g/mol. The summed E-state index contributed by atoms with van der Waals surface area (Å²) in [6, 6.07) is 9.21. The quantitative estimate of drug-likeness (QED) is 0.761. The van der Waals surface area contributed by atoms with E-state index >= 15 is 0 Å². The monoisotopic (exact) mass is 331 g/mol. The van der Waals surface area contributed by atoms with Gasteiger partial charge in [0, 0.05) is 6.42 Å². The number of cyclic esters (lactones) is 1. The van der Waals surface area contributed by atoms with Gasteiger partial charge >= 0.3 is 6.09 Å². The molecule has 1 heterocycles. The van der Waals surface area contributed by atoms with Crippen molar-refractivity contribution in [2.24, 2.45) is 5.92 Å². The van der Waals surface area contributed by atoms with Crippen LogP contribution >= 0.6 is 0 Å². The van der Waals surface area contributed by atoms with Crippen LogP contribution in [0.25, 0.3) is 0 Å². The first-order valence-electron chi connectivity index (χ1n) is 7.95. The van der Waals surface area contributed by atoms with Crippen LogP contribution in [0.15, 0.2) is 42.1 Å². The molecule has 0 aromatic heterocycles. The number of nitrogens with zero attached hydrogens (tertiary/aromatic N) is 1. The first-order chi connectivity index (χ1) is 10.7. The molecule has 0 unspecified atom stereocenters. The van der Waals surface area contributed by atoms with E-state index < -0.39 is 14.2 Å². The number of ether oxygens (including phenoxy) is 1. The number of carbonyl (C=O) groups is 2. The topological polar surface area (TPSA) is 46.6 Å². The van der Waals surface area contributed by atoms with Crippen LogP contribution in [0.1, 0.15) is 24.9 Å². The van der Waals surface area contributed by atoms with Gasteiger partial charge in [-0.1, -0.05) is 62.1 Å². The normalized spacial score (nSPS) is 19.4. The highest BCUT2D eigenvalue weighted by atomic mass is 28.3. The second-order valence-corrected chi connectivity index (χ2v) is 12.3. The van der Waals surface area contributed by atoms with E-state index in [2.05, 4.69) is 26.2 Å². The molecule has 2 atom stereocenters. The molecule has 0 N–H and O–H groups in total. The fourth-order valence-electron chi connectivity index (χ4n) is 2.84. The molecule has 1 fully saturated rings. The lowest BCUT2D eigenvalue weighted by atomic mass is 10.0. The Morgan fingerprint density at radius 3 is 2.52 bits per heavy atom. The van der Waals surface area contributed by atoms with Crippen LogP contribution < -0.4 is 0 Å². The van der Waals surface area contributed by atoms with Gasteiger partial charge in [-0.05, 0) is 11.5 Å². The van der Waals surface area contributed by atoms with Crippen molar-refractivity contribution >= 4 is 20.1 Å². The van der Waals surface area contributed by atoms with Crippen molar-refractivity contribution in [2.75, 3.05) is 6.61 Å². The lowest BCUT2D eigenvalue weighted by molar-refractivity contribution is -0.129. The molecule has 124 valence electrons. The summed E-state index contributed by atoms with van der Waals surface area (Å²) in [5.74, 6) is -0.118. The number of hydrogen-bond acceptors (Lipinski definition) is 3. The number of carbonyl (C=O) groups excluding carboxylic acids is 2. The van der Waals surface area contributed by atoms with E-state index in [0.717, 1.165) is 10.8 Å². The third-order valence-corrected chi connectivity index (χ3v) is 6.78. The molecule has 1 saturated heterocycles. The van der Waals surface area contributed by atoms with Crippen molar-refractivity contribution < 1.29 is 14.3 Å². The molecule has 4 nitrogen and oxygen atoms in total. The summed E-state index contributed by atoms with van der Waals surface area (Å²) in [5.41, 5.74) is 0.920. The summed E-state index contributed by atoms with van der Waals surface area (Å²) < 4.78 is 5.12. The van der Waals surface area contributed by atoms with Crippen LogP contribution in [0, 0.1) is 5.92 Å². The highest BCUT2D eigenvalue weighted by Crippen LogP contribution is 2.30. The van der Waals surface area contributed by atoms with E-state index in [1.54, 1.807) is 0 Å². The van der Waals surface area contributed by atoms with Gasteiger partial charge in [0.05, 0.1) is 8.07 Å². The van der Waals surface area contributed by atoms with Crippen molar-refractivity contribution in [1.29, 1.82) is 0 Å². The third kappa shape index (κ3) is 3.91. The zero-order chi connectivity index (χ0) is 17.2. The highest BCUT2D eigenvalue weighted by Gasteiger charge is 2.39. The van der Waals surface area contributed by atoms with Gasteiger partial charge in [0.2, 0.25) is 5.91 Å². The summed E-state index contributed by atoms with van der Waals surface area (Å²) in [7, 11) is -1.51. The van der Waals surface area contributed by atoms with Crippen LogP contribution in [0.3, 0.4) is 0 Å². The number of hydrogen-bond donors (Lipinski definition) is 0. The molecule has 1 aliphatic heterocycles. The van der Waals surface area contributed by atoms with Gasteiger partial charge in [0.1, 0.15) is 12.6 Å². The second kappa shape index (κ2) is 6.70. The maximum atomic E-state index is 12.7. The van der Waals surface area contributed by atoms with Crippen molar-refractivity contribution in [3.8, 4) is 0 Å². The number of imide groups is 1. The van der Waals surface area contributed by atoms with Gasteiger partial charge < -0.3 is 4.74 Å². The minimum atomic E-state index is -1.51. The molecule has 5 heteroatoms. The Bertz CT molecular complexity index is 606. The molecular formula is C18H25NO3Si. The predicted octanol–water partition coefficient (Wildman–Crippen LogP) is 4.17. The Hall–Kier alpha value is -1.88. The Kier molecular flexibility index (Phi) is 5.09. The molecule has 0 radical (unpaired) electrons. The molecule has 0 aliphatic carbocycles. The maximum absolute atomic E-state index is 12.7. The van der Waals surface area contributed by atoms with Gasteiger partial charge in [-0.15, -0.1) is 6.58 Å². The summed E-state index contributed by atoms with van der Waals surface area (Å²) in [6.07, 6.45) is -0.253. The largest absolute Gasteiger partial charge is 0.446 e. The van der Waals surface area contributed by atoms with Gasteiger partial charge in [0.15, 0.2) is 0 Å². The van der Waals surface area contributed by atoms with E-state index in [1.165, 1.54) is 4.90 Å². The summed E-state index contributed by atoms with van der Waals surface area (Å²) in [5, 5.41) is 1.15. The van der Waals surface area contributed by atoms with Crippen LogP contribution in [-0.4, -0.2) is 31.6 Å². The molecular weight excluding hydrogens is 306 g/mol. The number of benzene rings is 1. The average Bonchev–Trinajstić information content (AvgIpc) is 2.88. The number of amides is 2. The molecule has 2 rings (SSSR count). The van der Waals surface area contributed by atoms with E-state index in [-0.39, 0.29) is 24.5 Å². The van der Waals surface area contributed by atoms with E-state index in [9.17, 15) is 9.59 Å². The van der Waals surface area contributed by atoms with E-state index in [4.69, 9.17) is 4.74 Å². The first kappa shape index (κ1) is 17.5. The summed E-state index contributed by atoms with van der Waals surface area (Å²) in [6.45, 7) is 13.1. The van der Waals surface area contributed by atoms with Crippen molar-refractivity contribution in [1.82, 2.24) is 4.90 Å². The summed E-state index contributed by atoms with van der Waals surface area (Å²) >= 11 is 0.